The number of piperidine rings is 1. The van der Waals surface area contributed by atoms with Crippen LogP contribution in [0.1, 0.15) is 74.4 Å². The molecular formula is C22H31N3O2. The van der Waals surface area contributed by atoms with Crippen molar-refractivity contribution in [3.05, 3.63) is 41.0 Å². The molecule has 0 saturated carbocycles. The molecule has 0 unspecified atom stereocenters. The molecule has 0 bridgehead atoms. The van der Waals surface area contributed by atoms with Crippen molar-refractivity contribution in [3.63, 3.8) is 0 Å². The fraction of sp³-hybridized carbons (Fsp3) is 0.545. The Labute approximate surface area is 161 Å². The minimum absolute atomic E-state index is 0.0943. The molecule has 3 rings (SSSR count). The van der Waals surface area contributed by atoms with Crippen LogP contribution >= 0.6 is 0 Å². The van der Waals surface area contributed by atoms with Gasteiger partial charge in [-0.15, -0.1) is 0 Å². The van der Waals surface area contributed by atoms with E-state index in [2.05, 4.69) is 26.0 Å². The van der Waals surface area contributed by atoms with Gasteiger partial charge in [0, 0.05) is 31.1 Å². The van der Waals surface area contributed by atoms with Crippen molar-refractivity contribution in [2.45, 2.75) is 58.4 Å². The molecule has 2 aliphatic rings. The van der Waals surface area contributed by atoms with Crippen LogP contribution < -0.4 is 11.5 Å². The molecular weight excluding hydrogens is 338 g/mol. The van der Waals surface area contributed by atoms with E-state index < -0.39 is 11.4 Å². The first-order valence-corrected chi connectivity index (χ1v) is 9.79. The lowest BCUT2D eigenvalue weighted by Crippen LogP contribution is -2.49. The van der Waals surface area contributed by atoms with Crippen molar-refractivity contribution in [3.8, 4) is 0 Å². The largest absolute Gasteiger partial charge is 0.366 e. The van der Waals surface area contributed by atoms with Gasteiger partial charge >= 0.3 is 0 Å². The lowest BCUT2D eigenvalue weighted by atomic mass is 9.75. The van der Waals surface area contributed by atoms with E-state index >= 15 is 0 Å². The number of benzene rings is 1. The van der Waals surface area contributed by atoms with Gasteiger partial charge in [-0.2, -0.15) is 0 Å². The molecule has 5 heteroatoms. The van der Waals surface area contributed by atoms with E-state index in [0.29, 0.717) is 36.9 Å². The van der Waals surface area contributed by atoms with Crippen LogP contribution in [0.15, 0.2) is 24.3 Å². The Morgan fingerprint density at radius 1 is 1.11 bits per heavy atom. The Bertz CT molecular complexity index is 787. The van der Waals surface area contributed by atoms with E-state index in [9.17, 15) is 9.59 Å². The normalized spacial score (nSPS) is 21.5. The number of likely N-dealkylation sites (tertiary alicyclic amines) is 1. The summed E-state index contributed by atoms with van der Waals surface area (Å²) in [4.78, 5) is 25.4. The SMILES string of the molecule is CC(=O)N1CCC(N)(c2ccc(C(N)=O)c(C3=CCC(C)(C)CC3)c2)CC1. The topological polar surface area (TPSA) is 89.4 Å². The molecule has 146 valence electrons. The molecule has 0 aromatic heterocycles. The van der Waals surface area contributed by atoms with Crippen molar-refractivity contribution in [2.24, 2.45) is 16.9 Å². The molecule has 1 aromatic carbocycles. The second kappa shape index (κ2) is 7.12. The summed E-state index contributed by atoms with van der Waals surface area (Å²) in [6.45, 7) is 7.46. The van der Waals surface area contributed by atoms with Gasteiger partial charge in [-0.3, -0.25) is 9.59 Å². The number of nitrogens with two attached hydrogens (primary N) is 2. The fourth-order valence-electron chi connectivity index (χ4n) is 4.17. The summed E-state index contributed by atoms with van der Waals surface area (Å²) in [5.41, 5.74) is 15.9. The van der Waals surface area contributed by atoms with Crippen LogP contribution in [0, 0.1) is 5.41 Å². The Morgan fingerprint density at radius 2 is 1.78 bits per heavy atom. The average Bonchev–Trinajstić information content (AvgIpc) is 2.61. The van der Waals surface area contributed by atoms with Gasteiger partial charge in [0.1, 0.15) is 0 Å². The molecule has 1 aromatic rings. The summed E-state index contributed by atoms with van der Waals surface area (Å²) in [6, 6.07) is 5.81. The van der Waals surface area contributed by atoms with Crippen molar-refractivity contribution in [2.75, 3.05) is 13.1 Å². The highest BCUT2D eigenvalue weighted by molar-refractivity contribution is 5.98. The minimum atomic E-state index is -0.481. The van der Waals surface area contributed by atoms with Crippen LogP contribution in [0.4, 0.5) is 0 Å². The van der Waals surface area contributed by atoms with Crippen LogP contribution in [-0.2, 0) is 10.3 Å². The van der Waals surface area contributed by atoms with E-state index in [0.717, 1.165) is 30.4 Å². The quantitative estimate of drug-likeness (QED) is 0.857. The van der Waals surface area contributed by atoms with E-state index in [1.807, 2.05) is 17.0 Å². The van der Waals surface area contributed by atoms with Gasteiger partial charge in [-0.25, -0.2) is 0 Å². The number of hydrogen-bond acceptors (Lipinski definition) is 3. The van der Waals surface area contributed by atoms with E-state index in [1.165, 1.54) is 5.57 Å². The number of hydrogen-bond donors (Lipinski definition) is 2. The zero-order chi connectivity index (χ0) is 19.8. The van der Waals surface area contributed by atoms with Gasteiger partial charge in [0.2, 0.25) is 11.8 Å². The molecule has 1 aliphatic heterocycles. The summed E-state index contributed by atoms with van der Waals surface area (Å²) in [5.74, 6) is -0.309. The maximum Gasteiger partial charge on any atom is 0.249 e. The molecule has 1 fully saturated rings. The van der Waals surface area contributed by atoms with Crippen LogP contribution in [0.25, 0.3) is 5.57 Å². The molecule has 1 heterocycles. The van der Waals surface area contributed by atoms with Gasteiger partial charge < -0.3 is 16.4 Å². The summed E-state index contributed by atoms with van der Waals surface area (Å²) < 4.78 is 0. The Hall–Kier alpha value is -2.14. The first-order chi connectivity index (χ1) is 12.6. The highest BCUT2D eigenvalue weighted by atomic mass is 16.2. The van der Waals surface area contributed by atoms with Crippen LogP contribution in [-0.4, -0.2) is 29.8 Å². The summed E-state index contributed by atoms with van der Waals surface area (Å²) in [5, 5.41) is 0. The summed E-state index contributed by atoms with van der Waals surface area (Å²) >= 11 is 0. The molecule has 1 aliphatic carbocycles. The van der Waals surface area contributed by atoms with Crippen molar-refractivity contribution >= 4 is 17.4 Å². The highest BCUT2D eigenvalue weighted by Crippen LogP contribution is 2.40. The van der Waals surface area contributed by atoms with Crippen molar-refractivity contribution in [1.29, 1.82) is 0 Å². The third-order valence-electron chi connectivity index (χ3n) is 6.28. The number of primary amides is 1. The van der Waals surface area contributed by atoms with Crippen molar-refractivity contribution < 1.29 is 9.59 Å². The molecule has 0 spiro atoms. The second-order valence-electron chi connectivity index (χ2n) is 8.88. The lowest BCUT2D eigenvalue weighted by molar-refractivity contribution is -0.130. The highest BCUT2D eigenvalue weighted by Gasteiger charge is 2.34. The van der Waals surface area contributed by atoms with Gasteiger partial charge in [0.05, 0.1) is 0 Å². The van der Waals surface area contributed by atoms with Crippen molar-refractivity contribution in [1.82, 2.24) is 4.90 Å². The lowest BCUT2D eigenvalue weighted by Gasteiger charge is -2.39. The average molecular weight is 370 g/mol. The Kier molecular flexibility index (Phi) is 5.17. The second-order valence-corrected chi connectivity index (χ2v) is 8.88. The van der Waals surface area contributed by atoms with E-state index in [1.54, 1.807) is 6.92 Å². The Balaban J connectivity index is 1.94. The maximum absolute atomic E-state index is 12.0. The van der Waals surface area contributed by atoms with Crippen LogP contribution in [0.2, 0.25) is 0 Å². The third kappa shape index (κ3) is 4.08. The fourth-order valence-corrected chi connectivity index (χ4v) is 4.17. The molecule has 4 N–H and O–H groups in total. The smallest absolute Gasteiger partial charge is 0.249 e. The zero-order valence-electron chi connectivity index (χ0n) is 16.7. The monoisotopic (exact) mass is 369 g/mol. The van der Waals surface area contributed by atoms with Gasteiger partial charge in [0.15, 0.2) is 0 Å². The van der Waals surface area contributed by atoms with Crippen LogP contribution in [0.5, 0.6) is 0 Å². The van der Waals surface area contributed by atoms with Gasteiger partial charge in [-0.05, 0) is 66.4 Å². The number of amides is 2. The number of carbonyl (C=O) groups is 2. The first kappa shape index (κ1) is 19.6. The molecule has 1 saturated heterocycles. The number of carbonyl (C=O) groups excluding carboxylic acids is 2. The maximum atomic E-state index is 12.0. The molecule has 27 heavy (non-hydrogen) atoms. The molecule has 2 amide bonds. The standard InChI is InChI=1S/C22H31N3O2/c1-15(26)25-12-10-22(24,11-13-25)17-4-5-18(20(23)27)19(14-17)16-6-8-21(2,3)9-7-16/h4-6,14H,7-13,24H2,1-3H3,(H2,23,27). The number of rotatable bonds is 3. The van der Waals surface area contributed by atoms with Crippen LogP contribution in [0.3, 0.4) is 0 Å². The van der Waals surface area contributed by atoms with Gasteiger partial charge in [0.25, 0.3) is 0 Å². The number of nitrogens with zero attached hydrogens (tertiary/aromatic N) is 1. The van der Waals surface area contributed by atoms with Gasteiger partial charge in [-0.1, -0.05) is 26.0 Å². The van der Waals surface area contributed by atoms with E-state index in [-0.39, 0.29) is 5.91 Å². The first-order valence-electron chi connectivity index (χ1n) is 9.79. The Morgan fingerprint density at radius 3 is 2.30 bits per heavy atom. The molecule has 0 atom stereocenters. The minimum Gasteiger partial charge on any atom is -0.366 e. The third-order valence-corrected chi connectivity index (χ3v) is 6.28. The molecule has 0 radical (unpaired) electrons. The summed E-state index contributed by atoms with van der Waals surface area (Å²) in [7, 11) is 0. The number of allylic oxidation sites excluding steroid dienone is 2. The predicted molar refractivity (Wildman–Crippen MR) is 108 cm³/mol. The zero-order valence-corrected chi connectivity index (χ0v) is 16.7. The predicted octanol–water partition coefficient (Wildman–Crippen LogP) is 3.18. The summed E-state index contributed by atoms with van der Waals surface area (Å²) in [6.07, 6.45) is 6.69. The van der Waals surface area contributed by atoms with E-state index in [4.69, 9.17) is 11.5 Å². The molecule has 5 nitrogen and oxygen atoms in total.